The van der Waals surface area contributed by atoms with Crippen LogP contribution in [0.4, 0.5) is 0 Å². The third-order valence-electron chi connectivity index (χ3n) is 2.62. The van der Waals surface area contributed by atoms with Gasteiger partial charge in [-0.3, -0.25) is 4.79 Å². The summed E-state index contributed by atoms with van der Waals surface area (Å²) in [4.78, 5) is 19.1. The predicted molar refractivity (Wildman–Crippen MR) is 63.9 cm³/mol. The number of rotatable bonds is 1. The van der Waals surface area contributed by atoms with Gasteiger partial charge < -0.3 is 15.5 Å². The molecule has 0 fully saturated rings. The molecular weight excluding hydrogens is 216 g/mol. The summed E-state index contributed by atoms with van der Waals surface area (Å²) in [6.45, 7) is 0. The fraction of sp³-hybridized carbons (Fsp3) is 0. The second-order valence-electron chi connectivity index (χ2n) is 3.76. The van der Waals surface area contributed by atoms with Crippen molar-refractivity contribution in [3.05, 3.63) is 60.1 Å². The van der Waals surface area contributed by atoms with Gasteiger partial charge in [0.2, 0.25) is 5.91 Å². The Labute approximate surface area is 98.2 Å². The van der Waals surface area contributed by atoms with Crippen molar-refractivity contribution in [3.63, 3.8) is 0 Å². The molecule has 0 saturated heterocycles. The lowest BCUT2D eigenvalue weighted by Crippen LogP contribution is -2.26. The van der Waals surface area contributed by atoms with Gasteiger partial charge in [0.05, 0.1) is 17.5 Å². The first-order valence-electron chi connectivity index (χ1n) is 5.15. The molecule has 84 valence electrons. The maximum Gasteiger partial charge on any atom is 0.250 e. The minimum Gasteiger partial charge on any atom is -0.366 e. The molecule has 0 aromatic carbocycles. The first-order valence-corrected chi connectivity index (χ1v) is 5.15. The van der Waals surface area contributed by atoms with Gasteiger partial charge >= 0.3 is 0 Å². The molecule has 0 saturated carbocycles. The van der Waals surface area contributed by atoms with E-state index in [0.717, 1.165) is 11.5 Å². The van der Waals surface area contributed by atoms with E-state index in [-0.39, 0.29) is 0 Å². The molecule has 3 rings (SSSR count). The summed E-state index contributed by atoms with van der Waals surface area (Å²) in [7, 11) is 0. The lowest BCUT2D eigenvalue weighted by Gasteiger charge is -2.31. The highest BCUT2D eigenvalue weighted by Crippen LogP contribution is 2.26. The Hall–Kier alpha value is -2.56. The molecule has 17 heavy (non-hydrogen) atoms. The number of hydrogen-bond acceptors (Lipinski definition) is 4. The lowest BCUT2D eigenvalue weighted by molar-refractivity contribution is -0.114. The van der Waals surface area contributed by atoms with Crippen LogP contribution in [0.15, 0.2) is 65.1 Å². The second kappa shape index (κ2) is 3.48. The van der Waals surface area contributed by atoms with Crippen LogP contribution in [0.2, 0.25) is 0 Å². The van der Waals surface area contributed by atoms with Crippen LogP contribution < -0.4 is 5.73 Å². The van der Waals surface area contributed by atoms with Crippen LogP contribution in [0.5, 0.6) is 0 Å². The molecule has 0 aromatic heterocycles. The molecule has 0 unspecified atom stereocenters. The number of fused-ring (bicyclic) bond motifs is 2. The summed E-state index contributed by atoms with van der Waals surface area (Å²) in [5, 5.41) is 0. The van der Waals surface area contributed by atoms with E-state index in [0.29, 0.717) is 5.57 Å². The zero-order valence-electron chi connectivity index (χ0n) is 8.95. The average Bonchev–Trinajstić information content (AvgIpc) is 2.35. The molecule has 0 bridgehead atoms. The van der Waals surface area contributed by atoms with Gasteiger partial charge in [-0.1, -0.05) is 0 Å². The van der Waals surface area contributed by atoms with Crippen molar-refractivity contribution in [1.82, 2.24) is 9.80 Å². The first kappa shape index (κ1) is 9.65. The van der Waals surface area contributed by atoms with E-state index in [9.17, 15) is 4.79 Å². The smallest absolute Gasteiger partial charge is 0.250 e. The summed E-state index contributed by atoms with van der Waals surface area (Å²) in [5.74, 6) is 0.361. The Morgan fingerprint density at radius 3 is 2.88 bits per heavy atom. The van der Waals surface area contributed by atoms with E-state index in [1.165, 1.54) is 0 Å². The number of carbonyl (C=O) groups excluding carboxylic acids is 1. The Morgan fingerprint density at radius 1 is 1.18 bits per heavy atom. The monoisotopic (exact) mass is 226 g/mol. The van der Waals surface area contributed by atoms with Gasteiger partial charge in [0.25, 0.3) is 0 Å². The molecule has 1 amide bonds. The number of nitrogens with zero attached hydrogens (tertiary/aromatic N) is 3. The zero-order valence-corrected chi connectivity index (χ0v) is 8.95. The maximum atomic E-state index is 11.1. The summed E-state index contributed by atoms with van der Waals surface area (Å²) in [6, 6.07) is 0. The number of aliphatic imine (C=N–C) groups is 1. The highest BCUT2D eigenvalue weighted by molar-refractivity contribution is 5.95. The summed E-state index contributed by atoms with van der Waals surface area (Å²) in [6.07, 6.45) is 14.5. The van der Waals surface area contributed by atoms with E-state index in [2.05, 4.69) is 4.99 Å². The van der Waals surface area contributed by atoms with Crippen molar-refractivity contribution in [2.24, 2.45) is 10.7 Å². The molecule has 0 atom stereocenters. The first-order chi connectivity index (χ1) is 8.24. The molecule has 3 heterocycles. The van der Waals surface area contributed by atoms with Crippen molar-refractivity contribution in [2.45, 2.75) is 0 Å². The third-order valence-corrected chi connectivity index (χ3v) is 2.62. The highest BCUT2D eigenvalue weighted by atomic mass is 16.1. The van der Waals surface area contributed by atoms with Crippen LogP contribution in [-0.4, -0.2) is 21.9 Å². The minimum absolute atomic E-state index is 0.437. The lowest BCUT2D eigenvalue weighted by atomic mass is 10.1. The van der Waals surface area contributed by atoms with Gasteiger partial charge in [-0.15, -0.1) is 0 Å². The van der Waals surface area contributed by atoms with Crippen molar-refractivity contribution >= 4 is 12.1 Å². The number of hydrogen-bond donors (Lipinski definition) is 1. The van der Waals surface area contributed by atoms with Gasteiger partial charge in [0, 0.05) is 24.8 Å². The molecular formula is C12H10N4O. The molecule has 5 heteroatoms. The standard InChI is InChI=1S/C12H10N4O/c13-12(17)9-2-3-10-7-15-5-1-4-14-11(15)8-16(10)6-9/h1-8H,(H2,13,17). The van der Waals surface area contributed by atoms with Gasteiger partial charge in [0.15, 0.2) is 5.82 Å². The molecule has 0 spiro atoms. The van der Waals surface area contributed by atoms with Gasteiger partial charge in [-0.25, -0.2) is 4.99 Å². The normalized spacial score (nSPS) is 20.4. The molecule has 0 aromatic rings. The Morgan fingerprint density at radius 2 is 2.06 bits per heavy atom. The Bertz CT molecular complexity index is 563. The predicted octanol–water partition coefficient (Wildman–Crippen LogP) is 0.781. The van der Waals surface area contributed by atoms with Crippen LogP contribution in [0, 0.1) is 0 Å². The van der Waals surface area contributed by atoms with Crippen LogP contribution >= 0.6 is 0 Å². The largest absolute Gasteiger partial charge is 0.366 e. The maximum absolute atomic E-state index is 11.1. The van der Waals surface area contributed by atoms with Crippen molar-refractivity contribution in [3.8, 4) is 0 Å². The quantitative estimate of drug-likeness (QED) is 0.718. The van der Waals surface area contributed by atoms with Crippen LogP contribution in [0.3, 0.4) is 0 Å². The zero-order chi connectivity index (χ0) is 11.8. The number of allylic oxidation sites excluding steroid dienone is 2. The van der Waals surface area contributed by atoms with Crippen LogP contribution in [-0.2, 0) is 4.79 Å². The van der Waals surface area contributed by atoms with Crippen LogP contribution in [0.1, 0.15) is 0 Å². The summed E-state index contributed by atoms with van der Waals surface area (Å²) in [5.41, 5.74) is 6.68. The van der Waals surface area contributed by atoms with Crippen molar-refractivity contribution < 1.29 is 4.79 Å². The fourth-order valence-electron chi connectivity index (χ4n) is 1.77. The topological polar surface area (TPSA) is 61.9 Å². The van der Waals surface area contributed by atoms with Gasteiger partial charge in [-0.2, -0.15) is 0 Å². The number of primary amides is 1. The number of carbonyl (C=O) groups is 1. The van der Waals surface area contributed by atoms with E-state index >= 15 is 0 Å². The van der Waals surface area contributed by atoms with Gasteiger partial charge in [-0.05, 0) is 18.2 Å². The fourth-order valence-corrected chi connectivity index (χ4v) is 1.77. The summed E-state index contributed by atoms with van der Waals surface area (Å²) >= 11 is 0. The van der Waals surface area contributed by atoms with Crippen molar-refractivity contribution in [2.75, 3.05) is 0 Å². The second-order valence-corrected chi connectivity index (χ2v) is 3.76. The highest BCUT2D eigenvalue weighted by Gasteiger charge is 2.19. The van der Waals surface area contributed by atoms with Crippen molar-refractivity contribution in [1.29, 1.82) is 0 Å². The molecule has 2 N–H and O–H groups in total. The van der Waals surface area contributed by atoms with Crippen LogP contribution in [0.25, 0.3) is 0 Å². The molecule has 3 aliphatic rings. The molecule has 5 nitrogen and oxygen atoms in total. The van der Waals surface area contributed by atoms with E-state index in [4.69, 9.17) is 5.73 Å². The van der Waals surface area contributed by atoms with E-state index < -0.39 is 5.91 Å². The van der Waals surface area contributed by atoms with E-state index in [1.807, 2.05) is 40.6 Å². The molecule has 3 aliphatic heterocycles. The Balaban J connectivity index is 1.99. The minimum atomic E-state index is -0.437. The molecule has 0 radical (unpaired) electrons. The average molecular weight is 226 g/mol. The Kier molecular flexibility index (Phi) is 1.98. The number of nitrogens with two attached hydrogens (primary N) is 1. The SMILES string of the molecule is NC(=O)C1=CN2C=C3N=CC=CN3C=C2C=C1. The summed E-state index contributed by atoms with van der Waals surface area (Å²) < 4.78 is 0. The van der Waals surface area contributed by atoms with Gasteiger partial charge in [0.1, 0.15) is 0 Å². The number of amides is 1. The van der Waals surface area contributed by atoms with E-state index in [1.54, 1.807) is 18.5 Å². The molecule has 0 aliphatic carbocycles. The third kappa shape index (κ3) is 1.57.